The van der Waals surface area contributed by atoms with E-state index in [1.54, 1.807) is 0 Å². The Morgan fingerprint density at radius 2 is 2.25 bits per heavy atom. The molecule has 0 aromatic heterocycles. The highest BCUT2D eigenvalue weighted by Crippen LogP contribution is 2.27. The van der Waals surface area contributed by atoms with Crippen molar-refractivity contribution >= 4 is 0 Å². The third-order valence-electron chi connectivity index (χ3n) is 1.41. The summed E-state index contributed by atoms with van der Waals surface area (Å²) in [5.74, 6) is 0.904. The Labute approximate surface area is 49.9 Å². The van der Waals surface area contributed by atoms with Gasteiger partial charge in [0.15, 0.2) is 0 Å². The molecule has 0 aliphatic heterocycles. The van der Waals surface area contributed by atoms with Crippen LogP contribution in [0.1, 0.15) is 12.8 Å². The second-order valence-electron chi connectivity index (χ2n) is 2.35. The van der Waals surface area contributed by atoms with E-state index in [-0.39, 0.29) is 6.61 Å². The van der Waals surface area contributed by atoms with Crippen LogP contribution in [-0.4, -0.2) is 19.7 Å². The van der Waals surface area contributed by atoms with Crippen molar-refractivity contribution in [2.75, 3.05) is 19.7 Å². The summed E-state index contributed by atoms with van der Waals surface area (Å²) in [6.45, 7) is 1.74. The van der Waals surface area contributed by atoms with E-state index in [4.69, 9.17) is 0 Å². The van der Waals surface area contributed by atoms with Crippen LogP contribution in [0.4, 0.5) is 0 Å². The molecule has 0 saturated heterocycles. The first-order chi connectivity index (χ1) is 3.93. The summed E-state index contributed by atoms with van der Waals surface area (Å²) in [6, 6.07) is 0. The van der Waals surface area contributed by atoms with Gasteiger partial charge in [-0.05, 0) is 25.3 Å². The van der Waals surface area contributed by atoms with Gasteiger partial charge in [0.2, 0.25) is 0 Å². The third-order valence-corrected chi connectivity index (χ3v) is 1.41. The van der Waals surface area contributed by atoms with Crippen molar-refractivity contribution in [3.8, 4) is 0 Å². The van der Waals surface area contributed by atoms with Crippen LogP contribution in [0.5, 0.6) is 0 Å². The molecule has 47 valence electrons. The maximum Gasteiger partial charge on any atom is 0.0946 e. The average molecular weight is 114 g/mol. The first-order valence-corrected chi connectivity index (χ1v) is 3.22. The van der Waals surface area contributed by atoms with Gasteiger partial charge >= 0.3 is 0 Å². The van der Waals surface area contributed by atoms with E-state index in [9.17, 15) is 5.11 Å². The molecular formula is C6H12NO. The zero-order valence-corrected chi connectivity index (χ0v) is 5.02. The van der Waals surface area contributed by atoms with E-state index < -0.39 is 0 Å². The SMILES string of the molecule is [O]CCNCC1CC1. The fraction of sp³-hybridized carbons (Fsp3) is 1.00. The van der Waals surface area contributed by atoms with Crippen LogP contribution in [0.2, 0.25) is 0 Å². The molecule has 0 amide bonds. The summed E-state index contributed by atoms with van der Waals surface area (Å²) in [4.78, 5) is 0. The molecule has 0 spiro atoms. The Kier molecular flexibility index (Phi) is 2.30. The standard InChI is InChI=1S/C6H12NO/c8-4-3-7-5-6-1-2-6/h6-7H,1-5H2. The molecule has 1 aliphatic rings. The molecule has 1 radical (unpaired) electrons. The third kappa shape index (κ3) is 2.28. The quantitative estimate of drug-likeness (QED) is 0.528. The molecule has 0 aromatic carbocycles. The summed E-state index contributed by atoms with van der Waals surface area (Å²) in [6.07, 6.45) is 2.73. The van der Waals surface area contributed by atoms with Crippen molar-refractivity contribution in [1.29, 1.82) is 0 Å². The van der Waals surface area contributed by atoms with Crippen LogP contribution in [0, 0.1) is 5.92 Å². The molecule has 2 nitrogen and oxygen atoms in total. The highest BCUT2D eigenvalue weighted by Gasteiger charge is 2.19. The van der Waals surface area contributed by atoms with Crippen LogP contribution in [-0.2, 0) is 5.11 Å². The van der Waals surface area contributed by atoms with Gasteiger partial charge in [0, 0.05) is 6.54 Å². The van der Waals surface area contributed by atoms with E-state index in [1.165, 1.54) is 12.8 Å². The van der Waals surface area contributed by atoms with Crippen LogP contribution in [0.3, 0.4) is 0 Å². The first-order valence-electron chi connectivity index (χ1n) is 3.22. The Morgan fingerprint density at radius 1 is 1.50 bits per heavy atom. The number of hydrogen-bond donors (Lipinski definition) is 1. The predicted molar refractivity (Wildman–Crippen MR) is 31.1 cm³/mol. The van der Waals surface area contributed by atoms with Crippen molar-refractivity contribution < 1.29 is 5.11 Å². The Bertz CT molecular complexity index is 61.5. The van der Waals surface area contributed by atoms with Gasteiger partial charge < -0.3 is 5.32 Å². The van der Waals surface area contributed by atoms with Crippen molar-refractivity contribution in [2.24, 2.45) is 5.92 Å². The van der Waals surface area contributed by atoms with Gasteiger partial charge in [0.25, 0.3) is 0 Å². The zero-order valence-electron chi connectivity index (χ0n) is 5.02. The molecule has 0 aromatic rings. The van der Waals surface area contributed by atoms with E-state index in [0.717, 1.165) is 12.5 Å². The van der Waals surface area contributed by atoms with Crippen LogP contribution in [0.25, 0.3) is 0 Å². The van der Waals surface area contributed by atoms with Gasteiger partial charge in [0.1, 0.15) is 0 Å². The van der Waals surface area contributed by atoms with Gasteiger partial charge in [-0.3, -0.25) is 0 Å². The highest BCUT2D eigenvalue weighted by atomic mass is 16.3. The zero-order chi connectivity index (χ0) is 5.82. The molecule has 0 heterocycles. The van der Waals surface area contributed by atoms with Crippen LogP contribution >= 0.6 is 0 Å². The molecule has 0 bridgehead atoms. The van der Waals surface area contributed by atoms with Crippen molar-refractivity contribution in [3.05, 3.63) is 0 Å². The Morgan fingerprint density at radius 3 is 2.75 bits per heavy atom. The van der Waals surface area contributed by atoms with Crippen LogP contribution < -0.4 is 5.32 Å². The lowest BCUT2D eigenvalue weighted by molar-refractivity contribution is 0.194. The van der Waals surface area contributed by atoms with Gasteiger partial charge in [-0.25, -0.2) is 5.11 Å². The minimum Gasteiger partial charge on any atom is -0.314 e. The number of hydrogen-bond acceptors (Lipinski definition) is 1. The molecule has 1 fully saturated rings. The predicted octanol–water partition coefficient (Wildman–Crippen LogP) is 0.416. The maximum absolute atomic E-state index is 9.87. The lowest BCUT2D eigenvalue weighted by atomic mass is 10.4. The minimum absolute atomic E-state index is 0.0206. The van der Waals surface area contributed by atoms with Crippen molar-refractivity contribution in [3.63, 3.8) is 0 Å². The molecule has 1 saturated carbocycles. The molecule has 8 heavy (non-hydrogen) atoms. The topological polar surface area (TPSA) is 31.9 Å². The van der Waals surface area contributed by atoms with E-state index in [1.807, 2.05) is 0 Å². The smallest absolute Gasteiger partial charge is 0.0946 e. The van der Waals surface area contributed by atoms with Gasteiger partial charge in [0.05, 0.1) is 6.61 Å². The summed E-state index contributed by atoms with van der Waals surface area (Å²) >= 11 is 0. The van der Waals surface area contributed by atoms with E-state index in [2.05, 4.69) is 5.32 Å². The monoisotopic (exact) mass is 114 g/mol. The Hall–Kier alpha value is -0.0800. The van der Waals surface area contributed by atoms with Crippen LogP contribution in [0.15, 0.2) is 0 Å². The lowest BCUT2D eigenvalue weighted by Gasteiger charge is -1.96. The summed E-state index contributed by atoms with van der Waals surface area (Å²) < 4.78 is 0. The molecule has 0 atom stereocenters. The maximum atomic E-state index is 9.87. The van der Waals surface area contributed by atoms with E-state index in [0.29, 0.717) is 6.54 Å². The van der Waals surface area contributed by atoms with Gasteiger partial charge in [-0.15, -0.1) is 0 Å². The van der Waals surface area contributed by atoms with Crippen molar-refractivity contribution in [1.82, 2.24) is 5.32 Å². The molecule has 1 aliphatic carbocycles. The number of rotatable bonds is 4. The normalized spacial score (nSPS) is 19.1. The van der Waals surface area contributed by atoms with Gasteiger partial charge in [-0.1, -0.05) is 0 Å². The molecule has 1 rings (SSSR count). The largest absolute Gasteiger partial charge is 0.314 e. The second kappa shape index (κ2) is 3.05. The molecule has 1 N–H and O–H groups in total. The fourth-order valence-corrected chi connectivity index (χ4v) is 0.700. The molecular weight excluding hydrogens is 102 g/mol. The van der Waals surface area contributed by atoms with Crippen molar-refractivity contribution in [2.45, 2.75) is 12.8 Å². The first kappa shape index (κ1) is 6.05. The highest BCUT2D eigenvalue weighted by molar-refractivity contribution is 4.74. The fourth-order valence-electron chi connectivity index (χ4n) is 0.700. The van der Waals surface area contributed by atoms with E-state index >= 15 is 0 Å². The summed E-state index contributed by atoms with van der Waals surface area (Å²) in [5, 5.41) is 13.0. The average Bonchev–Trinajstić information content (AvgIpc) is 2.51. The molecule has 2 heteroatoms. The Balaban J connectivity index is 1.74. The minimum atomic E-state index is 0.0206. The summed E-state index contributed by atoms with van der Waals surface area (Å²) in [7, 11) is 0. The number of nitrogens with one attached hydrogen (secondary N) is 1. The molecule has 0 unspecified atom stereocenters. The lowest BCUT2D eigenvalue weighted by Crippen LogP contribution is -2.19. The summed E-state index contributed by atoms with van der Waals surface area (Å²) in [5.41, 5.74) is 0. The second-order valence-corrected chi connectivity index (χ2v) is 2.35. The van der Waals surface area contributed by atoms with Gasteiger partial charge in [-0.2, -0.15) is 0 Å².